The van der Waals surface area contributed by atoms with Crippen LogP contribution in [0.5, 0.6) is 0 Å². The molecule has 0 unspecified atom stereocenters. The molecule has 1 aliphatic rings. The van der Waals surface area contributed by atoms with Crippen LogP contribution in [0.4, 0.5) is 5.69 Å². The van der Waals surface area contributed by atoms with Gasteiger partial charge in [0, 0.05) is 47.7 Å². The minimum atomic E-state index is -0.563. The van der Waals surface area contributed by atoms with Crippen molar-refractivity contribution in [3.8, 4) is 11.3 Å². The van der Waals surface area contributed by atoms with Gasteiger partial charge in [-0.3, -0.25) is 14.2 Å². The molecule has 0 fully saturated rings. The number of Topliss-reactive ketones (excluding diaryl/α,β-unsaturated/α-hetero) is 1. The second kappa shape index (κ2) is 9.82. The van der Waals surface area contributed by atoms with Gasteiger partial charge in [0.2, 0.25) is 0 Å². The fourth-order valence-corrected chi connectivity index (χ4v) is 5.96. The lowest BCUT2D eigenvalue weighted by molar-refractivity contribution is -0.114. The molecule has 1 aliphatic heterocycles. The number of rotatable bonds is 5. The molecule has 4 aromatic rings. The zero-order chi connectivity index (χ0) is 26.4. The molecule has 188 valence electrons. The van der Waals surface area contributed by atoms with Crippen LogP contribution in [0, 0.1) is 0 Å². The van der Waals surface area contributed by atoms with E-state index in [1.165, 1.54) is 18.3 Å². The number of fused-ring (bicyclic) bond motifs is 1. The number of anilines is 1. The van der Waals surface area contributed by atoms with Gasteiger partial charge in [0.15, 0.2) is 10.6 Å². The number of hydrogen-bond acceptors (Lipinski definition) is 6. The van der Waals surface area contributed by atoms with Gasteiger partial charge in [-0.05, 0) is 61.9 Å². The molecule has 0 amide bonds. The summed E-state index contributed by atoms with van der Waals surface area (Å²) in [4.78, 5) is 33.5. The third-order valence-corrected chi connectivity index (χ3v) is 7.75. The Bertz CT molecular complexity index is 1740. The van der Waals surface area contributed by atoms with Crippen LogP contribution in [0.3, 0.4) is 0 Å². The van der Waals surface area contributed by atoms with Crippen LogP contribution < -0.4 is 19.8 Å². The Kier molecular flexibility index (Phi) is 6.70. The van der Waals surface area contributed by atoms with Crippen molar-refractivity contribution >= 4 is 52.1 Å². The van der Waals surface area contributed by atoms with Crippen LogP contribution in [0.15, 0.2) is 80.1 Å². The van der Waals surface area contributed by atoms with Crippen LogP contribution >= 0.6 is 34.5 Å². The van der Waals surface area contributed by atoms with Gasteiger partial charge < -0.3 is 9.32 Å². The summed E-state index contributed by atoms with van der Waals surface area (Å²) < 4.78 is 8.04. The van der Waals surface area contributed by atoms with E-state index in [1.807, 2.05) is 50.2 Å². The van der Waals surface area contributed by atoms with Crippen LogP contribution in [-0.2, 0) is 4.79 Å². The van der Waals surface area contributed by atoms with E-state index in [-0.39, 0.29) is 11.3 Å². The molecule has 3 heterocycles. The summed E-state index contributed by atoms with van der Waals surface area (Å²) in [5.41, 5.74) is 3.45. The molecule has 0 bridgehead atoms. The molecule has 0 N–H and O–H groups in total. The van der Waals surface area contributed by atoms with Crippen molar-refractivity contribution in [3.05, 3.63) is 107 Å². The standard InChI is InChI=1S/C28H23Cl2N3O3S/c1-15-25(16(2)34)26(17-5-8-19(9-6-17)32(3)4)33-27(35)24(37-28(33)31-15)14-20-10-12-23(36-20)21-11-7-18(29)13-22(21)30/h5-14,26H,1-4H3/b24-14+/t26-/m0/s1. The first-order valence-corrected chi connectivity index (χ1v) is 13.1. The van der Waals surface area contributed by atoms with Gasteiger partial charge in [0.1, 0.15) is 11.5 Å². The van der Waals surface area contributed by atoms with Gasteiger partial charge in [-0.15, -0.1) is 0 Å². The number of ketones is 1. The average molecular weight is 552 g/mol. The Morgan fingerprint density at radius 3 is 2.49 bits per heavy atom. The third kappa shape index (κ3) is 4.70. The van der Waals surface area contributed by atoms with E-state index in [2.05, 4.69) is 4.99 Å². The Morgan fingerprint density at radius 1 is 1.11 bits per heavy atom. The molecule has 0 aliphatic carbocycles. The zero-order valence-electron chi connectivity index (χ0n) is 20.6. The molecule has 5 rings (SSSR count). The molecule has 2 aromatic heterocycles. The quantitative estimate of drug-likeness (QED) is 0.330. The molecule has 37 heavy (non-hydrogen) atoms. The minimum Gasteiger partial charge on any atom is -0.457 e. The SMILES string of the molecule is CC(=O)C1=C(C)N=c2s/c(=C/c3ccc(-c4ccc(Cl)cc4Cl)o3)c(=O)n2[C@H]1c1ccc(N(C)C)cc1. The third-order valence-electron chi connectivity index (χ3n) is 6.22. The van der Waals surface area contributed by atoms with E-state index < -0.39 is 6.04 Å². The van der Waals surface area contributed by atoms with Gasteiger partial charge in [0.25, 0.3) is 5.56 Å². The Labute approximate surface area is 227 Å². The number of nitrogens with zero attached hydrogens (tertiary/aromatic N) is 3. The number of aromatic nitrogens is 1. The highest BCUT2D eigenvalue weighted by Gasteiger charge is 2.30. The van der Waals surface area contributed by atoms with E-state index >= 15 is 0 Å². The second-order valence-corrected chi connectivity index (χ2v) is 10.8. The summed E-state index contributed by atoms with van der Waals surface area (Å²) in [6.07, 6.45) is 1.69. The van der Waals surface area contributed by atoms with E-state index in [4.69, 9.17) is 27.6 Å². The number of thiazole rings is 1. The average Bonchev–Trinajstić information content (AvgIpc) is 3.42. The second-order valence-electron chi connectivity index (χ2n) is 8.95. The monoisotopic (exact) mass is 551 g/mol. The van der Waals surface area contributed by atoms with Gasteiger partial charge in [-0.1, -0.05) is 46.7 Å². The van der Waals surface area contributed by atoms with Crippen molar-refractivity contribution in [2.24, 2.45) is 4.99 Å². The molecule has 1 atom stereocenters. The number of halogens is 2. The molecule has 2 aromatic carbocycles. The summed E-state index contributed by atoms with van der Waals surface area (Å²) in [6, 6.07) is 16.0. The highest BCUT2D eigenvalue weighted by molar-refractivity contribution is 7.07. The fourth-order valence-electron chi connectivity index (χ4n) is 4.43. The molecular weight excluding hydrogens is 529 g/mol. The van der Waals surface area contributed by atoms with Crippen molar-refractivity contribution in [2.75, 3.05) is 19.0 Å². The Hall–Kier alpha value is -3.39. The van der Waals surface area contributed by atoms with E-state index in [0.29, 0.717) is 47.7 Å². The molecule has 0 saturated heterocycles. The number of carbonyl (C=O) groups excluding carboxylic acids is 1. The Morgan fingerprint density at radius 2 is 1.84 bits per heavy atom. The maximum Gasteiger partial charge on any atom is 0.271 e. The first-order valence-electron chi connectivity index (χ1n) is 11.5. The number of carbonyl (C=O) groups is 1. The highest BCUT2D eigenvalue weighted by Crippen LogP contribution is 2.33. The summed E-state index contributed by atoms with van der Waals surface area (Å²) >= 11 is 13.6. The summed E-state index contributed by atoms with van der Waals surface area (Å²) in [7, 11) is 3.92. The minimum absolute atomic E-state index is 0.118. The largest absolute Gasteiger partial charge is 0.457 e. The van der Waals surface area contributed by atoms with E-state index in [9.17, 15) is 9.59 Å². The van der Waals surface area contributed by atoms with Crippen LogP contribution in [0.2, 0.25) is 10.0 Å². The van der Waals surface area contributed by atoms with Crippen molar-refractivity contribution in [2.45, 2.75) is 19.9 Å². The maximum atomic E-state index is 13.7. The van der Waals surface area contributed by atoms with Gasteiger partial charge in [-0.25, -0.2) is 4.99 Å². The maximum absolute atomic E-state index is 13.7. The lowest BCUT2D eigenvalue weighted by Gasteiger charge is -2.25. The fraction of sp³-hybridized carbons (Fsp3) is 0.179. The molecule has 0 saturated carbocycles. The first kappa shape index (κ1) is 25.3. The Balaban J connectivity index is 1.62. The summed E-state index contributed by atoms with van der Waals surface area (Å²) in [5.74, 6) is 0.947. The molecular formula is C28H23Cl2N3O3S. The van der Waals surface area contributed by atoms with Crippen LogP contribution in [-0.4, -0.2) is 24.4 Å². The topological polar surface area (TPSA) is 67.8 Å². The molecule has 0 spiro atoms. The van der Waals surface area contributed by atoms with Crippen LogP contribution in [0.25, 0.3) is 17.4 Å². The van der Waals surface area contributed by atoms with Gasteiger partial charge in [-0.2, -0.15) is 0 Å². The van der Waals surface area contributed by atoms with Crippen molar-refractivity contribution < 1.29 is 9.21 Å². The highest BCUT2D eigenvalue weighted by atomic mass is 35.5. The zero-order valence-corrected chi connectivity index (χ0v) is 22.9. The lowest BCUT2D eigenvalue weighted by atomic mass is 9.93. The lowest BCUT2D eigenvalue weighted by Crippen LogP contribution is -2.39. The van der Waals surface area contributed by atoms with Crippen molar-refractivity contribution in [3.63, 3.8) is 0 Å². The number of benzene rings is 2. The van der Waals surface area contributed by atoms with E-state index in [1.54, 1.807) is 41.0 Å². The van der Waals surface area contributed by atoms with Crippen molar-refractivity contribution in [1.29, 1.82) is 0 Å². The first-order chi connectivity index (χ1) is 17.6. The predicted molar refractivity (Wildman–Crippen MR) is 149 cm³/mol. The van der Waals surface area contributed by atoms with Crippen molar-refractivity contribution in [1.82, 2.24) is 4.57 Å². The predicted octanol–water partition coefficient (Wildman–Crippen LogP) is 5.46. The van der Waals surface area contributed by atoms with Gasteiger partial charge in [0.05, 0.1) is 15.6 Å². The molecule has 9 heteroatoms. The smallest absolute Gasteiger partial charge is 0.271 e. The van der Waals surface area contributed by atoms with Crippen LogP contribution in [0.1, 0.15) is 31.2 Å². The summed E-state index contributed by atoms with van der Waals surface area (Å²) in [5, 5.41) is 1.01. The number of furan rings is 1. The number of hydrogen-bond donors (Lipinski definition) is 0. The van der Waals surface area contributed by atoms with Gasteiger partial charge >= 0.3 is 0 Å². The molecule has 6 nitrogen and oxygen atoms in total. The normalized spacial score (nSPS) is 15.5. The number of allylic oxidation sites excluding steroid dienone is 2. The van der Waals surface area contributed by atoms with E-state index in [0.717, 1.165) is 11.3 Å². The molecule has 0 radical (unpaired) electrons. The summed E-state index contributed by atoms with van der Waals surface area (Å²) in [6.45, 7) is 3.32.